The van der Waals surface area contributed by atoms with Crippen LogP contribution in [0.1, 0.15) is 23.2 Å². The molecule has 10 heteroatoms. The fourth-order valence-electron chi connectivity index (χ4n) is 4.39. The van der Waals surface area contributed by atoms with Crippen molar-refractivity contribution in [3.8, 4) is 11.3 Å². The normalized spacial score (nSPS) is 15.1. The number of halogens is 2. The molecule has 0 saturated carbocycles. The minimum absolute atomic E-state index is 0.00116. The lowest BCUT2D eigenvalue weighted by Gasteiger charge is -2.28. The van der Waals surface area contributed by atoms with Crippen LogP contribution in [0.2, 0.25) is 10.0 Å². The molecule has 1 aliphatic heterocycles. The first-order chi connectivity index (χ1) is 17.7. The van der Waals surface area contributed by atoms with Crippen LogP contribution < -0.4 is 5.32 Å². The Morgan fingerprint density at radius 1 is 0.973 bits per heavy atom. The first-order valence-corrected chi connectivity index (χ1v) is 13.9. The lowest BCUT2D eigenvalue weighted by molar-refractivity contribution is 0.102. The average Bonchev–Trinajstić information content (AvgIpc) is 2.89. The van der Waals surface area contributed by atoms with E-state index in [-0.39, 0.29) is 28.6 Å². The van der Waals surface area contributed by atoms with E-state index in [0.29, 0.717) is 34.8 Å². The number of aromatic nitrogens is 1. The molecule has 1 fully saturated rings. The quantitative estimate of drug-likeness (QED) is 0.333. The predicted octanol–water partition coefficient (Wildman–Crippen LogP) is 5.61. The molecule has 37 heavy (non-hydrogen) atoms. The van der Waals surface area contributed by atoms with E-state index in [1.165, 1.54) is 22.5 Å². The smallest absolute Gasteiger partial charge is 0.257 e. The van der Waals surface area contributed by atoms with Gasteiger partial charge in [-0.25, -0.2) is 8.42 Å². The Bertz CT molecular complexity index is 1600. The molecule has 190 valence electrons. The number of aliphatic hydroxyl groups is 1. The molecule has 1 aliphatic rings. The SMILES string of the molecule is O=C(Nc1ccc(Cl)c(-c2nccc3ccccc23)c1)c1ccc(S(=O)(=O)N2CCC(O)CC2)cc1Cl. The molecule has 1 amide bonds. The van der Waals surface area contributed by atoms with Crippen molar-refractivity contribution in [3.05, 3.63) is 88.5 Å². The first kappa shape index (κ1) is 25.6. The summed E-state index contributed by atoms with van der Waals surface area (Å²) in [6.07, 6.45) is 1.97. The van der Waals surface area contributed by atoms with Gasteiger partial charge in [-0.05, 0) is 60.7 Å². The fourth-order valence-corrected chi connectivity index (χ4v) is 6.42. The van der Waals surface area contributed by atoms with Gasteiger partial charge < -0.3 is 10.4 Å². The van der Waals surface area contributed by atoms with Crippen LogP contribution in [0.3, 0.4) is 0 Å². The maximum Gasteiger partial charge on any atom is 0.257 e. The number of hydrogen-bond acceptors (Lipinski definition) is 5. The Morgan fingerprint density at radius 2 is 1.73 bits per heavy atom. The Labute approximate surface area is 224 Å². The van der Waals surface area contributed by atoms with Crippen molar-refractivity contribution in [1.82, 2.24) is 9.29 Å². The maximum atomic E-state index is 13.0. The third-order valence-corrected chi connectivity index (χ3v) is 8.94. The molecule has 1 aromatic heterocycles. The van der Waals surface area contributed by atoms with Gasteiger partial charge >= 0.3 is 0 Å². The number of amides is 1. The van der Waals surface area contributed by atoms with E-state index in [1.807, 2.05) is 30.3 Å². The van der Waals surface area contributed by atoms with Gasteiger partial charge in [0.2, 0.25) is 10.0 Å². The number of hydrogen-bond donors (Lipinski definition) is 2. The van der Waals surface area contributed by atoms with Crippen LogP contribution in [0.4, 0.5) is 5.69 Å². The Morgan fingerprint density at radius 3 is 2.49 bits per heavy atom. The van der Waals surface area contributed by atoms with E-state index < -0.39 is 22.0 Å². The van der Waals surface area contributed by atoms with E-state index in [1.54, 1.807) is 24.4 Å². The topological polar surface area (TPSA) is 99.6 Å². The van der Waals surface area contributed by atoms with Crippen molar-refractivity contribution in [2.24, 2.45) is 0 Å². The van der Waals surface area contributed by atoms with Crippen LogP contribution in [0.5, 0.6) is 0 Å². The predicted molar refractivity (Wildman–Crippen MR) is 146 cm³/mol. The van der Waals surface area contributed by atoms with E-state index >= 15 is 0 Å². The van der Waals surface area contributed by atoms with Crippen molar-refractivity contribution in [2.75, 3.05) is 18.4 Å². The molecule has 2 heterocycles. The average molecular weight is 556 g/mol. The third kappa shape index (κ3) is 5.21. The molecule has 5 rings (SSSR count). The molecule has 0 atom stereocenters. The molecule has 0 aliphatic carbocycles. The number of nitrogens with one attached hydrogen (secondary N) is 1. The van der Waals surface area contributed by atoms with Crippen molar-refractivity contribution >= 4 is 55.6 Å². The van der Waals surface area contributed by atoms with Gasteiger partial charge in [0.1, 0.15) is 0 Å². The monoisotopic (exact) mass is 555 g/mol. The van der Waals surface area contributed by atoms with Crippen LogP contribution in [-0.4, -0.2) is 47.9 Å². The zero-order valence-corrected chi connectivity index (χ0v) is 21.9. The maximum absolute atomic E-state index is 13.0. The standard InChI is InChI=1S/C27H23Cl2N3O4S/c28-24-8-5-18(15-23(24)26-21-4-2-1-3-17(21)9-12-30-26)31-27(34)22-7-6-20(16-25(22)29)37(35,36)32-13-10-19(33)11-14-32/h1-9,12,15-16,19,33H,10-11,13-14H2,(H,31,34). The summed E-state index contributed by atoms with van der Waals surface area (Å²) in [6.45, 7) is 0.460. The Hall–Kier alpha value is -3.01. The zero-order valence-electron chi connectivity index (χ0n) is 19.6. The number of piperidine rings is 1. The van der Waals surface area contributed by atoms with Gasteiger partial charge in [-0.1, -0.05) is 47.5 Å². The molecule has 0 radical (unpaired) electrons. The van der Waals surface area contributed by atoms with Gasteiger partial charge in [-0.3, -0.25) is 9.78 Å². The summed E-state index contributed by atoms with van der Waals surface area (Å²) in [5.74, 6) is -0.491. The van der Waals surface area contributed by atoms with E-state index in [9.17, 15) is 18.3 Å². The lowest BCUT2D eigenvalue weighted by atomic mass is 10.0. The van der Waals surface area contributed by atoms with Gasteiger partial charge in [0.15, 0.2) is 0 Å². The van der Waals surface area contributed by atoms with Gasteiger partial charge in [-0.2, -0.15) is 4.31 Å². The molecule has 7 nitrogen and oxygen atoms in total. The van der Waals surface area contributed by atoms with Gasteiger partial charge in [0.25, 0.3) is 5.91 Å². The highest BCUT2D eigenvalue weighted by atomic mass is 35.5. The zero-order chi connectivity index (χ0) is 26.2. The minimum Gasteiger partial charge on any atom is -0.393 e. The minimum atomic E-state index is -3.78. The third-order valence-electron chi connectivity index (χ3n) is 6.40. The van der Waals surface area contributed by atoms with Crippen LogP contribution in [0.15, 0.2) is 77.8 Å². The summed E-state index contributed by atoms with van der Waals surface area (Å²) in [4.78, 5) is 17.6. The largest absolute Gasteiger partial charge is 0.393 e. The number of fused-ring (bicyclic) bond motifs is 1. The van der Waals surface area contributed by atoms with Crippen LogP contribution in [-0.2, 0) is 10.0 Å². The van der Waals surface area contributed by atoms with Crippen molar-refractivity contribution in [1.29, 1.82) is 0 Å². The molecule has 4 aromatic rings. The molecule has 1 saturated heterocycles. The van der Waals surface area contributed by atoms with Crippen molar-refractivity contribution in [2.45, 2.75) is 23.8 Å². The number of sulfonamides is 1. The second-order valence-corrected chi connectivity index (χ2v) is 11.6. The van der Waals surface area contributed by atoms with Gasteiger partial charge in [0.05, 0.1) is 32.3 Å². The second-order valence-electron chi connectivity index (χ2n) is 8.81. The molecule has 0 bridgehead atoms. The van der Waals surface area contributed by atoms with Crippen LogP contribution >= 0.6 is 23.2 Å². The van der Waals surface area contributed by atoms with E-state index in [0.717, 1.165) is 10.8 Å². The Kier molecular flexibility index (Phi) is 7.20. The van der Waals surface area contributed by atoms with E-state index in [2.05, 4.69) is 10.3 Å². The lowest BCUT2D eigenvalue weighted by Crippen LogP contribution is -2.40. The number of aliphatic hydroxyl groups excluding tert-OH is 1. The number of rotatable bonds is 5. The first-order valence-electron chi connectivity index (χ1n) is 11.7. The molecule has 3 aromatic carbocycles. The number of nitrogens with zero attached hydrogens (tertiary/aromatic N) is 2. The highest BCUT2D eigenvalue weighted by Gasteiger charge is 2.29. The summed E-state index contributed by atoms with van der Waals surface area (Å²) in [5.41, 5.74) is 1.97. The number of carbonyl (C=O) groups excluding carboxylic acids is 1. The summed E-state index contributed by atoms with van der Waals surface area (Å²) >= 11 is 12.9. The number of benzene rings is 3. The summed E-state index contributed by atoms with van der Waals surface area (Å²) in [7, 11) is -3.78. The van der Waals surface area contributed by atoms with Crippen LogP contribution in [0.25, 0.3) is 22.0 Å². The highest BCUT2D eigenvalue weighted by Crippen LogP contribution is 2.34. The summed E-state index contributed by atoms with van der Waals surface area (Å²) < 4.78 is 27.3. The summed E-state index contributed by atoms with van der Waals surface area (Å²) in [6, 6.07) is 18.9. The molecule has 0 spiro atoms. The fraction of sp³-hybridized carbons (Fsp3) is 0.185. The summed E-state index contributed by atoms with van der Waals surface area (Å²) in [5, 5.41) is 14.9. The Balaban J connectivity index is 1.40. The molecule has 0 unspecified atom stereocenters. The number of anilines is 1. The molecule has 2 N–H and O–H groups in total. The van der Waals surface area contributed by atoms with Crippen LogP contribution in [0, 0.1) is 0 Å². The van der Waals surface area contributed by atoms with E-state index in [4.69, 9.17) is 23.2 Å². The van der Waals surface area contributed by atoms with Gasteiger partial charge in [-0.15, -0.1) is 0 Å². The second kappa shape index (κ2) is 10.4. The van der Waals surface area contributed by atoms with Crippen molar-refractivity contribution < 1.29 is 18.3 Å². The molecular formula is C27H23Cl2N3O4S. The van der Waals surface area contributed by atoms with Crippen molar-refractivity contribution in [3.63, 3.8) is 0 Å². The number of pyridine rings is 1. The highest BCUT2D eigenvalue weighted by molar-refractivity contribution is 7.89. The molecular weight excluding hydrogens is 533 g/mol. The number of carbonyl (C=O) groups is 1. The van der Waals surface area contributed by atoms with Gasteiger partial charge in [0, 0.05) is 35.9 Å².